The number of rotatable bonds is 10. The van der Waals surface area contributed by atoms with E-state index < -0.39 is 34.1 Å². The first-order valence-electron chi connectivity index (χ1n) is 13.6. The van der Waals surface area contributed by atoms with Crippen LogP contribution in [0.2, 0.25) is 0 Å². The molecule has 10 heteroatoms. The molecule has 0 fully saturated rings. The van der Waals surface area contributed by atoms with Crippen molar-refractivity contribution in [3.8, 4) is 11.5 Å². The van der Waals surface area contributed by atoms with Crippen molar-refractivity contribution in [2.24, 2.45) is 0 Å². The summed E-state index contributed by atoms with van der Waals surface area (Å²) in [6.45, 7) is 7.77. The lowest BCUT2D eigenvalue weighted by atomic mass is 10.1. The Morgan fingerprint density at radius 3 is 2.12 bits per heavy atom. The number of sulfonamides is 1. The minimum atomic E-state index is -4.17. The predicted molar refractivity (Wildman–Crippen MR) is 157 cm³/mol. The van der Waals surface area contributed by atoms with Gasteiger partial charge >= 0.3 is 0 Å². The second kappa shape index (κ2) is 12.6. The molecule has 218 valence electrons. The molecule has 4 rings (SSSR count). The maximum Gasteiger partial charge on any atom is 0.264 e. The van der Waals surface area contributed by atoms with Crippen molar-refractivity contribution in [1.29, 1.82) is 0 Å². The van der Waals surface area contributed by atoms with Crippen molar-refractivity contribution in [3.63, 3.8) is 0 Å². The van der Waals surface area contributed by atoms with Crippen molar-refractivity contribution in [2.75, 3.05) is 24.1 Å². The zero-order chi connectivity index (χ0) is 29.6. The van der Waals surface area contributed by atoms with E-state index in [-0.39, 0.29) is 23.0 Å². The second-order valence-electron chi connectivity index (χ2n) is 10.8. The Morgan fingerprint density at radius 1 is 0.902 bits per heavy atom. The summed E-state index contributed by atoms with van der Waals surface area (Å²) in [7, 11) is -4.17. The molecule has 3 aromatic rings. The van der Waals surface area contributed by atoms with E-state index in [1.807, 2.05) is 58.0 Å². The molecule has 1 aliphatic heterocycles. The average molecular weight is 580 g/mol. The van der Waals surface area contributed by atoms with Gasteiger partial charge in [-0.1, -0.05) is 55.5 Å². The van der Waals surface area contributed by atoms with Crippen molar-refractivity contribution >= 4 is 27.5 Å². The van der Waals surface area contributed by atoms with Gasteiger partial charge in [-0.25, -0.2) is 8.42 Å². The Bertz CT molecular complexity index is 1460. The van der Waals surface area contributed by atoms with Gasteiger partial charge < -0.3 is 19.7 Å². The maximum absolute atomic E-state index is 14.2. The Morgan fingerprint density at radius 2 is 1.51 bits per heavy atom. The van der Waals surface area contributed by atoms with Gasteiger partial charge in [0.2, 0.25) is 11.8 Å². The number of fused-ring (bicyclic) bond motifs is 1. The van der Waals surface area contributed by atoms with Crippen molar-refractivity contribution in [1.82, 2.24) is 10.2 Å². The van der Waals surface area contributed by atoms with Crippen LogP contribution < -0.4 is 19.1 Å². The lowest BCUT2D eigenvalue weighted by molar-refractivity contribution is -0.141. The maximum atomic E-state index is 14.2. The largest absolute Gasteiger partial charge is 0.486 e. The summed E-state index contributed by atoms with van der Waals surface area (Å²) in [5, 5.41) is 2.97. The van der Waals surface area contributed by atoms with E-state index in [9.17, 15) is 18.0 Å². The third-order valence-electron chi connectivity index (χ3n) is 6.50. The van der Waals surface area contributed by atoms with Crippen LogP contribution in [0.5, 0.6) is 11.5 Å². The molecule has 0 saturated carbocycles. The standard InChI is InChI=1S/C31H37N3O6S/c1-5-26(30(36)32-31(2,3)4)33(21-23-12-8-6-9-13-23)29(35)22-34(41(37,38)25-14-10-7-11-15-25)24-16-17-27-28(20-24)40-19-18-39-27/h6-17,20,26H,5,18-19,21-22H2,1-4H3,(H,32,36). The number of nitrogens with one attached hydrogen (secondary N) is 1. The van der Waals surface area contributed by atoms with E-state index in [0.29, 0.717) is 31.1 Å². The van der Waals surface area contributed by atoms with Crippen LogP contribution in [0, 0.1) is 0 Å². The summed E-state index contributed by atoms with van der Waals surface area (Å²) in [5.74, 6) is 0.0748. The van der Waals surface area contributed by atoms with E-state index >= 15 is 0 Å². The highest BCUT2D eigenvalue weighted by molar-refractivity contribution is 7.92. The van der Waals surface area contributed by atoms with Crippen LogP contribution in [-0.2, 0) is 26.2 Å². The van der Waals surface area contributed by atoms with Crippen molar-refractivity contribution in [3.05, 3.63) is 84.4 Å². The lowest BCUT2D eigenvalue weighted by Crippen LogP contribution is -2.55. The third kappa shape index (κ3) is 7.38. The summed E-state index contributed by atoms with van der Waals surface area (Å²) in [5.41, 5.74) is 0.554. The van der Waals surface area contributed by atoms with Gasteiger partial charge in [-0.2, -0.15) is 0 Å². The second-order valence-corrected chi connectivity index (χ2v) is 12.7. The molecule has 2 amide bonds. The molecule has 1 aliphatic rings. The number of carbonyl (C=O) groups excluding carboxylic acids is 2. The molecule has 9 nitrogen and oxygen atoms in total. The minimum absolute atomic E-state index is 0.0369. The molecule has 1 unspecified atom stereocenters. The Balaban J connectivity index is 1.75. The Kier molecular flexibility index (Phi) is 9.22. The van der Waals surface area contributed by atoms with Gasteiger partial charge in [0.05, 0.1) is 10.6 Å². The highest BCUT2D eigenvalue weighted by Gasteiger charge is 2.35. The van der Waals surface area contributed by atoms with Gasteiger partial charge in [-0.15, -0.1) is 0 Å². The molecule has 1 N–H and O–H groups in total. The smallest absolute Gasteiger partial charge is 0.264 e. The Labute approximate surface area is 242 Å². The van der Waals surface area contributed by atoms with E-state index in [1.54, 1.807) is 36.4 Å². The molecular weight excluding hydrogens is 542 g/mol. The zero-order valence-electron chi connectivity index (χ0n) is 23.9. The van der Waals surface area contributed by atoms with Crippen LogP contribution >= 0.6 is 0 Å². The quantitative estimate of drug-likeness (QED) is 0.382. The van der Waals surface area contributed by atoms with Crippen molar-refractivity contribution in [2.45, 2.75) is 57.1 Å². The summed E-state index contributed by atoms with van der Waals surface area (Å²) in [6, 6.07) is 21.2. The fourth-order valence-corrected chi connectivity index (χ4v) is 6.02. The lowest BCUT2D eigenvalue weighted by Gasteiger charge is -2.35. The first-order chi connectivity index (χ1) is 19.5. The molecule has 0 spiro atoms. The SMILES string of the molecule is CCC(C(=O)NC(C)(C)C)N(Cc1ccccc1)C(=O)CN(c1ccc2c(c1)OCCO2)S(=O)(=O)c1ccccc1. The van der Waals surface area contributed by atoms with Crippen LogP contribution in [0.15, 0.2) is 83.8 Å². The van der Waals surface area contributed by atoms with Gasteiger partial charge in [0.25, 0.3) is 10.0 Å². The molecule has 1 heterocycles. The van der Waals surface area contributed by atoms with E-state index in [0.717, 1.165) is 9.87 Å². The summed E-state index contributed by atoms with van der Waals surface area (Å²) in [4.78, 5) is 29.0. The van der Waals surface area contributed by atoms with Crippen LogP contribution in [0.3, 0.4) is 0 Å². The van der Waals surface area contributed by atoms with Crippen molar-refractivity contribution < 1.29 is 27.5 Å². The highest BCUT2D eigenvalue weighted by atomic mass is 32.2. The fourth-order valence-electron chi connectivity index (χ4n) is 4.59. The third-order valence-corrected chi connectivity index (χ3v) is 8.29. The van der Waals surface area contributed by atoms with Gasteiger partial charge in [-0.3, -0.25) is 13.9 Å². The molecule has 0 bridgehead atoms. The van der Waals surface area contributed by atoms with Gasteiger partial charge in [0.1, 0.15) is 25.8 Å². The summed E-state index contributed by atoms with van der Waals surface area (Å²) >= 11 is 0. The summed E-state index contributed by atoms with van der Waals surface area (Å²) in [6.07, 6.45) is 0.343. The van der Waals surface area contributed by atoms with Gasteiger partial charge in [0.15, 0.2) is 11.5 Å². The van der Waals surface area contributed by atoms with E-state index in [1.165, 1.54) is 17.0 Å². The number of ether oxygens (including phenoxy) is 2. The van der Waals surface area contributed by atoms with Crippen LogP contribution in [0.1, 0.15) is 39.7 Å². The zero-order valence-corrected chi connectivity index (χ0v) is 24.7. The molecule has 41 heavy (non-hydrogen) atoms. The topological polar surface area (TPSA) is 105 Å². The molecule has 1 atom stereocenters. The molecule has 0 aliphatic carbocycles. The summed E-state index contributed by atoms with van der Waals surface area (Å²) < 4.78 is 40.3. The normalized spacial score (nSPS) is 13.7. The number of hydrogen-bond acceptors (Lipinski definition) is 6. The highest BCUT2D eigenvalue weighted by Crippen LogP contribution is 2.36. The number of anilines is 1. The molecular formula is C31H37N3O6S. The van der Waals surface area contributed by atoms with Crippen LogP contribution in [0.25, 0.3) is 0 Å². The number of amides is 2. The predicted octanol–water partition coefficient (Wildman–Crippen LogP) is 4.38. The fraction of sp³-hybridized carbons (Fsp3) is 0.355. The van der Waals surface area contributed by atoms with Gasteiger partial charge in [-0.05, 0) is 57.0 Å². The molecule has 3 aromatic carbocycles. The number of hydrogen-bond donors (Lipinski definition) is 1. The molecule has 0 aromatic heterocycles. The number of carbonyl (C=O) groups is 2. The van der Waals surface area contributed by atoms with Crippen LogP contribution in [0.4, 0.5) is 5.69 Å². The first-order valence-corrected chi connectivity index (χ1v) is 15.1. The number of nitrogens with zero attached hydrogens (tertiary/aromatic N) is 2. The van der Waals surface area contributed by atoms with E-state index in [4.69, 9.17) is 9.47 Å². The molecule has 0 radical (unpaired) electrons. The van der Waals surface area contributed by atoms with Gasteiger partial charge in [0, 0.05) is 18.2 Å². The van der Waals surface area contributed by atoms with E-state index in [2.05, 4.69) is 5.32 Å². The minimum Gasteiger partial charge on any atom is -0.486 e. The first kappa shape index (κ1) is 29.9. The number of benzene rings is 3. The molecule has 0 saturated heterocycles. The average Bonchev–Trinajstić information content (AvgIpc) is 2.95. The van der Waals surface area contributed by atoms with Crippen LogP contribution in [-0.4, -0.2) is 56.5 Å². The Hall–Kier alpha value is -4.05. The monoisotopic (exact) mass is 579 g/mol.